The minimum absolute atomic E-state index is 0.270. The molecule has 0 amide bonds. The fourth-order valence-corrected chi connectivity index (χ4v) is 1.25. The lowest BCUT2D eigenvalue weighted by Crippen LogP contribution is -2.03. The molecule has 0 aromatic carbocycles. The van der Waals surface area contributed by atoms with Crippen molar-refractivity contribution in [3.8, 4) is 5.69 Å². The Kier molecular flexibility index (Phi) is 2.66. The number of halogens is 3. The van der Waals surface area contributed by atoms with E-state index in [4.69, 9.17) is 0 Å². The molecule has 2 heterocycles. The molecule has 0 spiro atoms. The molecule has 88 valence electrons. The molecule has 0 unspecified atom stereocenters. The van der Waals surface area contributed by atoms with Gasteiger partial charge in [-0.2, -0.15) is 18.3 Å². The Morgan fingerprint density at radius 1 is 1.24 bits per heavy atom. The third-order valence-corrected chi connectivity index (χ3v) is 2.06. The molecule has 2 rings (SSSR count). The highest BCUT2D eigenvalue weighted by molar-refractivity contribution is 5.75. The number of nitrogens with zero attached hydrogens (tertiary/aromatic N) is 3. The molecule has 0 saturated carbocycles. The number of hydrogen-bond donors (Lipinski definition) is 0. The lowest BCUT2D eigenvalue weighted by molar-refractivity contribution is -0.137. The largest absolute Gasteiger partial charge is 0.419 e. The van der Waals surface area contributed by atoms with Crippen LogP contribution in [-0.2, 0) is 6.18 Å². The summed E-state index contributed by atoms with van der Waals surface area (Å²) < 4.78 is 38.0. The number of hydrogen-bond acceptors (Lipinski definition) is 3. The van der Waals surface area contributed by atoms with E-state index in [2.05, 4.69) is 10.1 Å². The molecule has 0 bridgehead atoms. The summed E-state index contributed by atoms with van der Waals surface area (Å²) in [4.78, 5) is 14.2. The number of alkyl halides is 3. The minimum Gasteiger partial charge on any atom is -0.298 e. The summed E-state index contributed by atoms with van der Waals surface area (Å²) in [6.45, 7) is 0. The van der Waals surface area contributed by atoms with Gasteiger partial charge in [-0.05, 0) is 6.07 Å². The monoisotopic (exact) mass is 241 g/mol. The SMILES string of the molecule is O=Cc1cncc(-n2cc(C(F)(F)F)cn2)c1. The highest BCUT2D eigenvalue weighted by Crippen LogP contribution is 2.29. The molecule has 4 nitrogen and oxygen atoms in total. The van der Waals surface area contributed by atoms with Crippen LogP contribution in [0.5, 0.6) is 0 Å². The Balaban J connectivity index is 2.40. The van der Waals surface area contributed by atoms with Gasteiger partial charge in [-0.15, -0.1) is 0 Å². The molecule has 0 aliphatic rings. The van der Waals surface area contributed by atoms with Crippen molar-refractivity contribution < 1.29 is 18.0 Å². The van der Waals surface area contributed by atoms with Crippen LogP contribution in [0.15, 0.2) is 30.9 Å². The van der Waals surface area contributed by atoms with Crippen LogP contribution < -0.4 is 0 Å². The van der Waals surface area contributed by atoms with Crippen LogP contribution in [0.4, 0.5) is 13.2 Å². The minimum atomic E-state index is -4.44. The molecular weight excluding hydrogens is 235 g/mol. The van der Waals surface area contributed by atoms with Crippen LogP contribution in [0, 0.1) is 0 Å². The van der Waals surface area contributed by atoms with Crippen molar-refractivity contribution in [1.29, 1.82) is 0 Å². The third-order valence-electron chi connectivity index (χ3n) is 2.06. The van der Waals surface area contributed by atoms with E-state index >= 15 is 0 Å². The average Bonchev–Trinajstić information content (AvgIpc) is 2.78. The van der Waals surface area contributed by atoms with E-state index < -0.39 is 11.7 Å². The van der Waals surface area contributed by atoms with E-state index in [1.54, 1.807) is 0 Å². The van der Waals surface area contributed by atoms with Gasteiger partial charge in [-0.3, -0.25) is 9.78 Å². The lowest BCUT2D eigenvalue weighted by atomic mass is 10.3. The van der Waals surface area contributed by atoms with Gasteiger partial charge in [-0.1, -0.05) is 0 Å². The first-order valence-corrected chi connectivity index (χ1v) is 4.53. The topological polar surface area (TPSA) is 47.8 Å². The fraction of sp³-hybridized carbons (Fsp3) is 0.100. The maximum absolute atomic E-state index is 12.3. The zero-order valence-corrected chi connectivity index (χ0v) is 8.35. The second kappa shape index (κ2) is 4.00. The summed E-state index contributed by atoms with van der Waals surface area (Å²) in [7, 11) is 0. The van der Waals surface area contributed by atoms with E-state index in [0.29, 0.717) is 18.2 Å². The predicted molar refractivity (Wildman–Crippen MR) is 51.7 cm³/mol. The Labute approximate surface area is 93.7 Å². The average molecular weight is 241 g/mol. The standard InChI is InChI=1S/C10H6F3N3O/c11-10(12,13)8-3-15-16(5-8)9-1-7(6-17)2-14-4-9/h1-6H. The van der Waals surface area contributed by atoms with Crippen molar-refractivity contribution in [1.82, 2.24) is 14.8 Å². The number of rotatable bonds is 2. The zero-order chi connectivity index (χ0) is 12.5. The quantitative estimate of drug-likeness (QED) is 0.756. The molecule has 2 aromatic rings. The van der Waals surface area contributed by atoms with Crippen LogP contribution >= 0.6 is 0 Å². The number of aldehydes is 1. The second-order valence-electron chi connectivity index (χ2n) is 3.27. The predicted octanol–water partition coefficient (Wildman–Crippen LogP) is 2.10. The molecule has 0 atom stereocenters. The summed E-state index contributed by atoms with van der Waals surface area (Å²) in [5, 5.41) is 3.57. The van der Waals surface area contributed by atoms with Crippen molar-refractivity contribution in [2.24, 2.45) is 0 Å². The second-order valence-corrected chi connectivity index (χ2v) is 3.27. The van der Waals surface area contributed by atoms with Gasteiger partial charge in [0.1, 0.15) is 0 Å². The third kappa shape index (κ3) is 2.32. The van der Waals surface area contributed by atoms with Crippen molar-refractivity contribution in [3.63, 3.8) is 0 Å². The van der Waals surface area contributed by atoms with Gasteiger partial charge >= 0.3 is 6.18 Å². The Bertz CT molecular complexity index is 548. The molecule has 0 aliphatic heterocycles. The van der Waals surface area contributed by atoms with Crippen LogP contribution in [-0.4, -0.2) is 21.1 Å². The van der Waals surface area contributed by atoms with Crippen molar-refractivity contribution in [2.45, 2.75) is 6.18 Å². The Hall–Kier alpha value is -2.18. The highest BCUT2D eigenvalue weighted by atomic mass is 19.4. The van der Waals surface area contributed by atoms with Gasteiger partial charge in [0.2, 0.25) is 0 Å². The van der Waals surface area contributed by atoms with Crippen LogP contribution in [0.2, 0.25) is 0 Å². The Morgan fingerprint density at radius 2 is 2.00 bits per heavy atom. The van der Waals surface area contributed by atoms with Gasteiger partial charge in [0.15, 0.2) is 6.29 Å². The highest BCUT2D eigenvalue weighted by Gasteiger charge is 2.32. The summed E-state index contributed by atoms with van der Waals surface area (Å²) in [6.07, 6.45) is 0.308. The maximum atomic E-state index is 12.3. The molecule has 2 aromatic heterocycles. The van der Waals surface area contributed by atoms with Crippen LogP contribution in [0.25, 0.3) is 5.69 Å². The molecular formula is C10H6F3N3O. The van der Waals surface area contributed by atoms with E-state index in [9.17, 15) is 18.0 Å². The summed E-state index contributed by atoms with van der Waals surface area (Å²) >= 11 is 0. The first-order valence-electron chi connectivity index (χ1n) is 4.53. The maximum Gasteiger partial charge on any atom is 0.419 e. The molecule has 7 heteroatoms. The number of pyridine rings is 1. The molecule has 0 aliphatic carbocycles. The Morgan fingerprint density at radius 3 is 2.59 bits per heavy atom. The smallest absolute Gasteiger partial charge is 0.298 e. The van der Waals surface area contributed by atoms with Crippen LogP contribution in [0.1, 0.15) is 15.9 Å². The van der Waals surface area contributed by atoms with Crippen LogP contribution in [0.3, 0.4) is 0 Å². The molecule has 0 radical (unpaired) electrons. The summed E-state index contributed by atoms with van der Waals surface area (Å²) in [6, 6.07) is 1.40. The zero-order valence-electron chi connectivity index (χ0n) is 8.35. The normalized spacial score (nSPS) is 11.5. The van der Waals surface area contributed by atoms with E-state index in [1.165, 1.54) is 18.5 Å². The number of carbonyl (C=O) groups is 1. The number of carbonyl (C=O) groups excluding carboxylic acids is 1. The van der Waals surface area contributed by atoms with Crippen molar-refractivity contribution >= 4 is 6.29 Å². The van der Waals surface area contributed by atoms with E-state index in [1.807, 2.05) is 0 Å². The fourth-order valence-electron chi connectivity index (χ4n) is 1.25. The first kappa shape index (κ1) is 11.3. The molecule has 0 N–H and O–H groups in total. The van der Waals surface area contributed by atoms with Crippen molar-refractivity contribution in [2.75, 3.05) is 0 Å². The van der Waals surface area contributed by atoms with Gasteiger partial charge in [-0.25, -0.2) is 4.68 Å². The first-order chi connectivity index (χ1) is 8.00. The molecule has 0 saturated heterocycles. The van der Waals surface area contributed by atoms with Gasteiger partial charge in [0.05, 0.1) is 23.6 Å². The van der Waals surface area contributed by atoms with Gasteiger partial charge in [0, 0.05) is 18.0 Å². The number of aromatic nitrogens is 3. The summed E-state index contributed by atoms with van der Waals surface area (Å²) in [5.41, 5.74) is -0.286. The van der Waals surface area contributed by atoms with Crippen molar-refractivity contribution in [3.05, 3.63) is 42.0 Å². The summed E-state index contributed by atoms with van der Waals surface area (Å²) in [5.74, 6) is 0. The van der Waals surface area contributed by atoms with Gasteiger partial charge in [0.25, 0.3) is 0 Å². The van der Waals surface area contributed by atoms with E-state index in [0.717, 1.165) is 10.9 Å². The molecule has 0 fully saturated rings. The molecule has 17 heavy (non-hydrogen) atoms. The van der Waals surface area contributed by atoms with E-state index in [-0.39, 0.29) is 5.56 Å². The lowest BCUT2D eigenvalue weighted by Gasteiger charge is -2.02. The van der Waals surface area contributed by atoms with Gasteiger partial charge < -0.3 is 0 Å².